The second-order valence-corrected chi connectivity index (χ2v) is 7.97. The molecule has 3 aliphatic rings. The first kappa shape index (κ1) is 18.0. The van der Waals surface area contributed by atoms with Gasteiger partial charge in [0.2, 0.25) is 5.91 Å². The molecule has 4 atom stereocenters. The van der Waals surface area contributed by atoms with Gasteiger partial charge in [0.25, 0.3) is 0 Å². The van der Waals surface area contributed by atoms with Crippen molar-refractivity contribution >= 4 is 18.0 Å². The Hall–Kier alpha value is -1.83. The summed E-state index contributed by atoms with van der Waals surface area (Å²) >= 11 is 0. The third kappa shape index (κ3) is 3.58. The first-order valence-electron chi connectivity index (χ1n) is 8.82. The molecule has 2 amide bonds. The van der Waals surface area contributed by atoms with Crippen LogP contribution in [-0.4, -0.2) is 76.9 Å². The van der Waals surface area contributed by atoms with E-state index in [4.69, 9.17) is 9.47 Å². The lowest BCUT2D eigenvalue weighted by Gasteiger charge is -2.38. The smallest absolute Gasteiger partial charge is 0.410 e. The predicted octanol–water partition coefficient (Wildman–Crippen LogP) is 0.944. The number of hydrogen-bond donors (Lipinski definition) is 1. The molecular formula is C17H26N2O6. The molecular weight excluding hydrogens is 328 g/mol. The molecule has 0 radical (unpaired) electrons. The molecule has 0 spiro atoms. The van der Waals surface area contributed by atoms with Crippen LogP contribution in [0.5, 0.6) is 0 Å². The van der Waals surface area contributed by atoms with Crippen molar-refractivity contribution in [2.75, 3.05) is 26.2 Å². The molecule has 1 N–H and O–H groups in total. The zero-order chi connectivity index (χ0) is 18.4. The van der Waals surface area contributed by atoms with E-state index >= 15 is 0 Å². The van der Waals surface area contributed by atoms with Crippen molar-refractivity contribution in [3.05, 3.63) is 0 Å². The minimum absolute atomic E-state index is 0.163. The molecule has 0 unspecified atom stereocenters. The molecule has 140 valence electrons. The SMILES string of the molecule is CC(C)(C)OC(=O)N1CCN(C(=O)[C@@H]2[C@H](C(=O)O)[C@H]3CC[C@@H]2O3)CC1. The number of ether oxygens (including phenoxy) is 2. The molecule has 0 aliphatic carbocycles. The average Bonchev–Trinajstić information content (AvgIpc) is 3.13. The minimum atomic E-state index is -0.960. The Balaban J connectivity index is 1.59. The molecule has 0 aromatic heterocycles. The summed E-state index contributed by atoms with van der Waals surface area (Å²) in [5, 5.41) is 9.46. The van der Waals surface area contributed by atoms with Crippen LogP contribution in [0, 0.1) is 11.8 Å². The number of aliphatic carboxylic acids is 1. The van der Waals surface area contributed by atoms with Gasteiger partial charge in [-0.1, -0.05) is 0 Å². The van der Waals surface area contributed by atoms with E-state index in [-0.39, 0.29) is 24.2 Å². The molecule has 3 heterocycles. The van der Waals surface area contributed by atoms with Crippen LogP contribution >= 0.6 is 0 Å². The largest absolute Gasteiger partial charge is 0.481 e. The monoisotopic (exact) mass is 354 g/mol. The number of carboxylic acids is 1. The van der Waals surface area contributed by atoms with Gasteiger partial charge in [-0.25, -0.2) is 4.79 Å². The van der Waals surface area contributed by atoms with E-state index in [9.17, 15) is 19.5 Å². The van der Waals surface area contributed by atoms with Gasteiger partial charge in [0.1, 0.15) is 5.60 Å². The fourth-order valence-corrected chi connectivity index (χ4v) is 3.95. The first-order valence-corrected chi connectivity index (χ1v) is 8.82. The maximum Gasteiger partial charge on any atom is 0.410 e. The fraction of sp³-hybridized carbons (Fsp3) is 0.824. The Morgan fingerprint density at radius 1 is 0.960 bits per heavy atom. The molecule has 2 bridgehead atoms. The Morgan fingerprint density at radius 2 is 1.48 bits per heavy atom. The van der Waals surface area contributed by atoms with Gasteiger partial charge in [-0.05, 0) is 33.6 Å². The van der Waals surface area contributed by atoms with Gasteiger partial charge in [0.05, 0.1) is 24.0 Å². The van der Waals surface area contributed by atoms with Crippen molar-refractivity contribution in [3.63, 3.8) is 0 Å². The van der Waals surface area contributed by atoms with Gasteiger partial charge in [-0.3, -0.25) is 9.59 Å². The molecule has 3 aliphatic heterocycles. The highest BCUT2D eigenvalue weighted by molar-refractivity contribution is 5.87. The van der Waals surface area contributed by atoms with Crippen LogP contribution in [0.15, 0.2) is 0 Å². The fourth-order valence-electron chi connectivity index (χ4n) is 3.95. The topological polar surface area (TPSA) is 96.4 Å². The van der Waals surface area contributed by atoms with Crippen LogP contribution in [0.2, 0.25) is 0 Å². The van der Waals surface area contributed by atoms with Crippen molar-refractivity contribution in [1.29, 1.82) is 0 Å². The molecule has 0 aromatic rings. The number of rotatable bonds is 2. The number of hydrogen-bond acceptors (Lipinski definition) is 5. The van der Waals surface area contributed by atoms with Crippen molar-refractivity contribution in [1.82, 2.24) is 9.80 Å². The zero-order valence-corrected chi connectivity index (χ0v) is 14.9. The second-order valence-electron chi connectivity index (χ2n) is 7.97. The summed E-state index contributed by atoms with van der Waals surface area (Å²) < 4.78 is 11.0. The predicted molar refractivity (Wildman–Crippen MR) is 86.9 cm³/mol. The zero-order valence-electron chi connectivity index (χ0n) is 14.9. The van der Waals surface area contributed by atoms with Crippen LogP contribution in [0.3, 0.4) is 0 Å². The van der Waals surface area contributed by atoms with Crippen molar-refractivity contribution < 1.29 is 29.0 Å². The van der Waals surface area contributed by atoms with Crippen LogP contribution in [-0.2, 0) is 19.1 Å². The highest BCUT2D eigenvalue weighted by Crippen LogP contribution is 2.44. The van der Waals surface area contributed by atoms with Gasteiger partial charge in [0, 0.05) is 26.2 Å². The lowest BCUT2D eigenvalue weighted by molar-refractivity contribution is -0.151. The van der Waals surface area contributed by atoms with E-state index in [1.807, 2.05) is 20.8 Å². The quantitative estimate of drug-likeness (QED) is 0.793. The van der Waals surface area contributed by atoms with E-state index < -0.39 is 23.4 Å². The number of carboxylic acid groups (broad SMARTS) is 1. The summed E-state index contributed by atoms with van der Waals surface area (Å²) in [4.78, 5) is 39.7. The molecule has 0 aromatic carbocycles. The first-order chi connectivity index (χ1) is 11.7. The van der Waals surface area contributed by atoms with Crippen LogP contribution in [0.25, 0.3) is 0 Å². The van der Waals surface area contributed by atoms with Crippen LogP contribution < -0.4 is 0 Å². The molecule has 3 rings (SSSR count). The standard InChI is InChI=1S/C17H26N2O6/c1-17(2,3)25-16(23)19-8-6-18(7-9-19)14(20)12-10-4-5-11(24-10)13(12)15(21)22/h10-13H,4-9H2,1-3H3,(H,21,22)/t10-,11+,12-,13+/m0/s1. The summed E-state index contributed by atoms with van der Waals surface area (Å²) in [7, 11) is 0. The van der Waals surface area contributed by atoms with Gasteiger partial charge >= 0.3 is 12.1 Å². The molecule has 0 saturated carbocycles. The van der Waals surface area contributed by atoms with Crippen LogP contribution in [0.1, 0.15) is 33.6 Å². The Bertz CT molecular complexity index is 564. The van der Waals surface area contributed by atoms with Crippen molar-refractivity contribution in [2.24, 2.45) is 11.8 Å². The van der Waals surface area contributed by atoms with E-state index in [0.29, 0.717) is 32.6 Å². The van der Waals surface area contributed by atoms with E-state index in [0.717, 1.165) is 6.42 Å². The normalized spacial score (nSPS) is 32.0. The second kappa shape index (κ2) is 6.48. The number of amides is 2. The van der Waals surface area contributed by atoms with E-state index in [1.165, 1.54) is 0 Å². The van der Waals surface area contributed by atoms with Crippen LogP contribution in [0.4, 0.5) is 4.79 Å². The van der Waals surface area contributed by atoms with Crippen molar-refractivity contribution in [2.45, 2.75) is 51.4 Å². The lowest BCUT2D eigenvalue weighted by atomic mass is 9.78. The summed E-state index contributed by atoms with van der Waals surface area (Å²) in [5.74, 6) is -2.49. The highest BCUT2D eigenvalue weighted by atomic mass is 16.6. The molecule has 8 nitrogen and oxygen atoms in total. The minimum Gasteiger partial charge on any atom is -0.481 e. The number of carbonyl (C=O) groups is 3. The lowest BCUT2D eigenvalue weighted by Crippen LogP contribution is -2.55. The van der Waals surface area contributed by atoms with Crippen molar-refractivity contribution in [3.8, 4) is 0 Å². The van der Waals surface area contributed by atoms with Gasteiger partial charge in [-0.15, -0.1) is 0 Å². The Kier molecular flexibility index (Phi) is 4.66. The summed E-state index contributed by atoms with van der Waals surface area (Å²) in [6.07, 6.45) is 0.425. The Morgan fingerprint density at radius 3 is 2.00 bits per heavy atom. The maximum absolute atomic E-state index is 12.9. The summed E-state index contributed by atoms with van der Waals surface area (Å²) in [5.41, 5.74) is -0.556. The van der Waals surface area contributed by atoms with Gasteiger partial charge in [0.15, 0.2) is 0 Å². The highest BCUT2D eigenvalue weighted by Gasteiger charge is 2.56. The maximum atomic E-state index is 12.9. The third-order valence-corrected chi connectivity index (χ3v) is 5.09. The van der Waals surface area contributed by atoms with Gasteiger partial charge in [-0.2, -0.15) is 0 Å². The molecule has 25 heavy (non-hydrogen) atoms. The van der Waals surface area contributed by atoms with E-state index in [2.05, 4.69) is 0 Å². The average molecular weight is 354 g/mol. The number of fused-ring (bicyclic) bond motifs is 2. The summed E-state index contributed by atoms with van der Waals surface area (Å²) in [6, 6.07) is 0. The molecule has 8 heteroatoms. The number of carbonyl (C=O) groups excluding carboxylic acids is 2. The third-order valence-electron chi connectivity index (χ3n) is 5.09. The van der Waals surface area contributed by atoms with Gasteiger partial charge < -0.3 is 24.4 Å². The van der Waals surface area contributed by atoms with E-state index in [1.54, 1.807) is 9.80 Å². The Labute approximate surface area is 147 Å². The number of piperazine rings is 1. The molecule has 3 fully saturated rings. The molecule has 3 saturated heterocycles. The number of nitrogens with zero attached hydrogens (tertiary/aromatic N) is 2. The summed E-state index contributed by atoms with van der Waals surface area (Å²) in [6.45, 7) is 6.99.